The lowest BCUT2D eigenvalue weighted by Crippen LogP contribution is -2.25. The predicted molar refractivity (Wildman–Crippen MR) is 75.8 cm³/mol. The van der Waals surface area contributed by atoms with Crippen LogP contribution in [0, 0.1) is 13.8 Å². The Hall–Kier alpha value is -1.55. The number of carboxylic acids is 1. The van der Waals surface area contributed by atoms with Crippen molar-refractivity contribution in [3.8, 4) is 5.75 Å². The van der Waals surface area contributed by atoms with Gasteiger partial charge in [-0.15, -0.1) is 0 Å². The molecule has 4 heteroatoms. The molecular formula is C15H23NO3. The van der Waals surface area contributed by atoms with Crippen LogP contribution < -0.4 is 4.74 Å². The van der Waals surface area contributed by atoms with E-state index in [1.165, 1.54) is 11.1 Å². The number of aliphatic carboxylic acids is 1. The van der Waals surface area contributed by atoms with Crippen molar-refractivity contribution in [1.82, 2.24) is 4.90 Å². The smallest absolute Gasteiger partial charge is 0.303 e. The lowest BCUT2D eigenvalue weighted by atomic mass is 10.1. The first-order valence-corrected chi connectivity index (χ1v) is 6.59. The average molecular weight is 265 g/mol. The van der Waals surface area contributed by atoms with E-state index < -0.39 is 5.97 Å². The number of carbonyl (C=O) groups is 1. The number of carboxylic acid groups (broad SMARTS) is 1. The number of nitrogens with zero attached hydrogens (tertiary/aromatic N) is 1. The van der Waals surface area contributed by atoms with E-state index in [1.807, 2.05) is 19.2 Å². The first-order chi connectivity index (χ1) is 8.97. The molecule has 1 aromatic rings. The van der Waals surface area contributed by atoms with Crippen LogP contribution in [0.4, 0.5) is 0 Å². The molecule has 4 nitrogen and oxygen atoms in total. The molecule has 1 rings (SSSR count). The van der Waals surface area contributed by atoms with Gasteiger partial charge in [0.2, 0.25) is 0 Å². The summed E-state index contributed by atoms with van der Waals surface area (Å²) in [4.78, 5) is 12.5. The third-order valence-corrected chi connectivity index (χ3v) is 2.87. The molecule has 0 fully saturated rings. The van der Waals surface area contributed by atoms with Crippen molar-refractivity contribution in [2.75, 3.05) is 26.7 Å². The van der Waals surface area contributed by atoms with Crippen molar-refractivity contribution in [2.45, 2.75) is 26.7 Å². The SMILES string of the molecule is Cc1cc(C)cc(OCCN(C)CCCC(=O)O)c1. The summed E-state index contributed by atoms with van der Waals surface area (Å²) in [7, 11) is 1.98. The van der Waals surface area contributed by atoms with Gasteiger partial charge in [0, 0.05) is 13.0 Å². The van der Waals surface area contributed by atoms with Gasteiger partial charge in [0.1, 0.15) is 12.4 Å². The van der Waals surface area contributed by atoms with Gasteiger partial charge in [0.05, 0.1) is 0 Å². The fraction of sp³-hybridized carbons (Fsp3) is 0.533. The van der Waals surface area contributed by atoms with E-state index in [0.717, 1.165) is 18.8 Å². The summed E-state index contributed by atoms with van der Waals surface area (Å²) in [6, 6.07) is 6.17. The summed E-state index contributed by atoms with van der Waals surface area (Å²) in [5.41, 5.74) is 2.40. The number of aryl methyl sites for hydroxylation is 2. The molecular weight excluding hydrogens is 242 g/mol. The molecule has 0 heterocycles. The minimum Gasteiger partial charge on any atom is -0.492 e. The van der Waals surface area contributed by atoms with Crippen LogP contribution in [0.2, 0.25) is 0 Å². The Labute approximate surface area is 115 Å². The molecule has 0 aliphatic rings. The molecule has 0 aliphatic carbocycles. The molecule has 1 aromatic carbocycles. The van der Waals surface area contributed by atoms with Crippen molar-refractivity contribution in [3.05, 3.63) is 29.3 Å². The van der Waals surface area contributed by atoms with E-state index in [9.17, 15) is 4.79 Å². The molecule has 0 saturated carbocycles. The second-order valence-corrected chi connectivity index (χ2v) is 4.97. The van der Waals surface area contributed by atoms with Gasteiger partial charge >= 0.3 is 5.97 Å². The first kappa shape index (κ1) is 15.5. The maximum absolute atomic E-state index is 10.4. The summed E-state index contributed by atoms with van der Waals surface area (Å²) in [5, 5.41) is 8.56. The largest absolute Gasteiger partial charge is 0.492 e. The quantitative estimate of drug-likeness (QED) is 0.784. The fourth-order valence-electron chi connectivity index (χ4n) is 1.95. The maximum Gasteiger partial charge on any atom is 0.303 e. The van der Waals surface area contributed by atoms with Crippen LogP contribution in [-0.4, -0.2) is 42.7 Å². The van der Waals surface area contributed by atoms with Crippen LogP contribution in [0.3, 0.4) is 0 Å². The van der Waals surface area contributed by atoms with E-state index in [2.05, 4.69) is 24.8 Å². The predicted octanol–water partition coefficient (Wildman–Crippen LogP) is 2.48. The normalized spacial score (nSPS) is 10.7. The van der Waals surface area contributed by atoms with Gasteiger partial charge in [-0.05, 0) is 57.1 Å². The van der Waals surface area contributed by atoms with Crippen molar-refractivity contribution in [1.29, 1.82) is 0 Å². The molecule has 1 N–H and O–H groups in total. The highest BCUT2D eigenvalue weighted by Crippen LogP contribution is 2.15. The summed E-state index contributed by atoms with van der Waals surface area (Å²) in [6.45, 7) is 6.30. The molecule has 0 bridgehead atoms. The lowest BCUT2D eigenvalue weighted by molar-refractivity contribution is -0.137. The highest BCUT2D eigenvalue weighted by molar-refractivity contribution is 5.66. The van der Waals surface area contributed by atoms with Crippen molar-refractivity contribution >= 4 is 5.97 Å². The summed E-state index contributed by atoms with van der Waals surface area (Å²) < 4.78 is 5.71. The molecule has 0 saturated heterocycles. The number of hydrogen-bond donors (Lipinski definition) is 1. The number of rotatable bonds is 8. The lowest BCUT2D eigenvalue weighted by Gasteiger charge is -2.16. The summed E-state index contributed by atoms with van der Waals surface area (Å²) >= 11 is 0. The molecule has 0 spiro atoms. The van der Waals surface area contributed by atoms with E-state index in [-0.39, 0.29) is 6.42 Å². The number of likely N-dealkylation sites (N-methyl/N-ethyl adjacent to an activating group) is 1. The highest BCUT2D eigenvalue weighted by Gasteiger charge is 2.02. The number of hydrogen-bond acceptors (Lipinski definition) is 3. The topological polar surface area (TPSA) is 49.8 Å². The Bertz CT molecular complexity index is 398. The zero-order valence-electron chi connectivity index (χ0n) is 12.0. The van der Waals surface area contributed by atoms with E-state index >= 15 is 0 Å². The standard InChI is InChI=1S/C15H23NO3/c1-12-9-13(2)11-14(10-12)19-8-7-16(3)6-4-5-15(17)18/h9-11H,4-8H2,1-3H3,(H,17,18). The van der Waals surface area contributed by atoms with Gasteiger partial charge in [0.15, 0.2) is 0 Å². The molecule has 0 aliphatic heterocycles. The van der Waals surface area contributed by atoms with Crippen molar-refractivity contribution in [2.24, 2.45) is 0 Å². The molecule has 0 unspecified atom stereocenters. The van der Waals surface area contributed by atoms with E-state index in [0.29, 0.717) is 13.0 Å². The molecule has 0 radical (unpaired) electrons. The minimum atomic E-state index is -0.736. The van der Waals surface area contributed by atoms with Gasteiger partial charge < -0.3 is 14.7 Å². The van der Waals surface area contributed by atoms with E-state index in [1.54, 1.807) is 0 Å². The zero-order valence-corrected chi connectivity index (χ0v) is 12.0. The minimum absolute atomic E-state index is 0.224. The van der Waals surface area contributed by atoms with Gasteiger partial charge in [-0.2, -0.15) is 0 Å². The Morgan fingerprint density at radius 2 is 1.84 bits per heavy atom. The average Bonchev–Trinajstić information content (AvgIpc) is 2.27. The van der Waals surface area contributed by atoms with Gasteiger partial charge in [0.25, 0.3) is 0 Å². The van der Waals surface area contributed by atoms with Crippen LogP contribution in [0.5, 0.6) is 5.75 Å². The highest BCUT2D eigenvalue weighted by atomic mass is 16.5. The summed E-state index contributed by atoms with van der Waals surface area (Å²) in [5.74, 6) is 0.163. The zero-order chi connectivity index (χ0) is 14.3. The van der Waals surface area contributed by atoms with Crippen LogP contribution >= 0.6 is 0 Å². The molecule has 106 valence electrons. The summed E-state index contributed by atoms with van der Waals surface area (Å²) in [6.07, 6.45) is 0.900. The second-order valence-electron chi connectivity index (χ2n) is 4.97. The Balaban J connectivity index is 2.24. The van der Waals surface area contributed by atoms with Crippen LogP contribution in [0.15, 0.2) is 18.2 Å². The Morgan fingerprint density at radius 3 is 2.42 bits per heavy atom. The molecule has 0 aromatic heterocycles. The van der Waals surface area contributed by atoms with Crippen molar-refractivity contribution < 1.29 is 14.6 Å². The van der Waals surface area contributed by atoms with Crippen LogP contribution in [-0.2, 0) is 4.79 Å². The van der Waals surface area contributed by atoms with Crippen LogP contribution in [0.25, 0.3) is 0 Å². The molecule has 19 heavy (non-hydrogen) atoms. The number of ether oxygens (including phenoxy) is 1. The fourth-order valence-corrected chi connectivity index (χ4v) is 1.95. The van der Waals surface area contributed by atoms with Gasteiger partial charge in [-0.25, -0.2) is 0 Å². The van der Waals surface area contributed by atoms with Crippen molar-refractivity contribution in [3.63, 3.8) is 0 Å². The molecule has 0 atom stereocenters. The number of benzene rings is 1. The Morgan fingerprint density at radius 1 is 1.21 bits per heavy atom. The molecule has 0 amide bonds. The van der Waals surface area contributed by atoms with Gasteiger partial charge in [-0.1, -0.05) is 6.07 Å². The van der Waals surface area contributed by atoms with Gasteiger partial charge in [-0.3, -0.25) is 4.79 Å². The maximum atomic E-state index is 10.4. The third-order valence-electron chi connectivity index (χ3n) is 2.87. The monoisotopic (exact) mass is 265 g/mol. The van der Waals surface area contributed by atoms with Crippen LogP contribution in [0.1, 0.15) is 24.0 Å². The third kappa shape index (κ3) is 6.82. The van der Waals surface area contributed by atoms with E-state index in [4.69, 9.17) is 9.84 Å². The Kier molecular flexibility index (Phi) is 6.36. The second kappa shape index (κ2) is 7.79. The first-order valence-electron chi connectivity index (χ1n) is 6.59.